The molecule has 0 aromatic carbocycles. The van der Waals surface area contributed by atoms with Crippen molar-refractivity contribution in [1.29, 1.82) is 0 Å². The molecule has 0 spiro atoms. The maximum atomic E-state index is 13.2. The number of carbonyl (C=O) groups is 2. The molecule has 2 heterocycles. The van der Waals surface area contributed by atoms with Crippen LogP contribution in [0.3, 0.4) is 0 Å². The van der Waals surface area contributed by atoms with Crippen molar-refractivity contribution >= 4 is 11.9 Å². The first-order chi connectivity index (χ1) is 11.8. The van der Waals surface area contributed by atoms with Crippen LogP contribution in [-0.4, -0.2) is 43.7 Å². The number of hydrogen-bond donors (Lipinski definition) is 1. The minimum Gasteiger partial charge on any atom is -0.480 e. The number of aryl methyl sites for hydroxylation is 2. The predicted octanol–water partition coefficient (Wildman–Crippen LogP) is 2.46. The van der Waals surface area contributed by atoms with Gasteiger partial charge in [-0.15, -0.1) is 0 Å². The van der Waals surface area contributed by atoms with Gasteiger partial charge < -0.3 is 10.0 Å². The molecule has 3 rings (SSSR count). The van der Waals surface area contributed by atoms with Crippen LogP contribution < -0.4 is 0 Å². The van der Waals surface area contributed by atoms with Crippen LogP contribution in [0.25, 0.3) is 0 Å². The monoisotopic (exact) mass is 347 g/mol. The third-order valence-electron chi connectivity index (χ3n) is 6.22. The van der Waals surface area contributed by atoms with E-state index in [1.54, 1.807) is 4.90 Å². The number of aliphatic carboxylic acids is 1. The molecule has 0 radical (unpaired) electrons. The van der Waals surface area contributed by atoms with Crippen LogP contribution in [0.15, 0.2) is 0 Å². The molecular formula is C19H29N3O3. The highest BCUT2D eigenvalue weighted by Crippen LogP contribution is 2.40. The summed E-state index contributed by atoms with van der Waals surface area (Å²) in [5, 5.41) is 14.1. The molecule has 1 saturated heterocycles. The predicted molar refractivity (Wildman–Crippen MR) is 94.2 cm³/mol. The second kappa shape index (κ2) is 6.81. The summed E-state index contributed by atoms with van der Waals surface area (Å²) in [5.74, 6) is -0.745. The Morgan fingerprint density at radius 1 is 1.28 bits per heavy atom. The zero-order chi connectivity index (χ0) is 18.3. The number of rotatable bonds is 4. The number of carboxylic acid groups (broad SMARTS) is 1. The highest BCUT2D eigenvalue weighted by atomic mass is 16.4. The van der Waals surface area contributed by atoms with Crippen molar-refractivity contribution in [2.75, 3.05) is 0 Å². The molecule has 1 N–H and O–H groups in total. The van der Waals surface area contributed by atoms with Crippen LogP contribution in [0, 0.1) is 25.7 Å². The van der Waals surface area contributed by atoms with Crippen LogP contribution in [-0.2, 0) is 23.1 Å². The summed E-state index contributed by atoms with van der Waals surface area (Å²) in [4.78, 5) is 26.6. The fourth-order valence-electron chi connectivity index (χ4n) is 4.76. The highest BCUT2D eigenvalue weighted by molar-refractivity contribution is 5.86. The lowest BCUT2D eigenvalue weighted by Gasteiger charge is -2.34. The van der Waals surface area contributed by atoms with Crippen LogP contribution >= 0.6 is 0 Å². The van der Waals surface area contributed by atoms with Crippen molar-refractivity contribution in [3.05, 3.63) is 17.0 Å². The molecule has 1 amide bonds. The fourth-order valence-corrected chi connectivity index (χ4v) is 4.76. The van der Waals surface area contributed by atoms with E-state index >= 15 is 0 Å². The number of fused-ring (bicyclic) bond motifs is 1. The summed E-state index contributed by atoms with van der Waals surface area (Å²) < 4.78 is 1.84. The van der Waals surface area contributed by atoms with E-state index in [0.717, 1.165) is 42.6 Å². The van der Waals surface area contributed by atoms with Gasteiger partial charge in [0.15, 0.2) is 0 Å². The van der Waals surface area contributed by atoms with Gasteiger partial charge in [-0.2, -0.15) is 5.10 Å². The number of hydrogen-bond acceptors (Lipinski definition) is 3. The molecular weight excluding hydrogens is 318 g/mol. The van der Waals surface area contributed by atoms with Crippen molar-refractivity contribution in [3.8, 4) is 0 Å². The van der Waals surface area contributed by atoms with Crippen LogP contribution in [0.5, 0.6) is 0 Å². The van der Waals surface area contributed by atoms with Gasteiger partial charge >= 0.3 is 5.97 Å². The Balaban J connectivity index is 1.80. The summed E-state index contributed by atoms with van der Waals surface area (Å²) in [5.41, 5.74) is 3.13. The molecule has 6 heteroatoms. The lowest BCUT2D eigenvalue weighted by Crippen LogP contribution is -2.48. The Morgan fingerprint density at radius 2 is 1.96 bits per heavy atom. The molecule has 1 aliphatic heterocycles. The first kappa shape index (κ1) is 18.0. The Morgan fingerprint density at radius 3 is 2.56 bits per heavy atom. The topological polar surface area (TPSA) is 75.4 Å². The summed E-state index contributed by atoms with van der Waals surface area (Å²) >= 11 is 0. The third-order valence-corrected chi connectivity index (χ3v) is 6.22. The van der Waals surface area contributed by atoms with Crippen molar-refractivity contribution in [2.24, 2.45) is 18.9 Å². The molecule has 2 aliphatic rings. The van der Waals surface area contributed by atoms with Crippen LogP contribution in [0.2, 0.25) is 0 Å². The van der Waals surface area contributed by atoms with Gasteiger partial charge in [-0.05, 0) is 51.0 Å². The van der Waals surface area contributed by atoms with E-state index in [1.165, 1.54) is 0 Å². The van der Waals surface area contributed by atoms with Gasteiger partial charge in [0.1, 0.15) is 6.04 Å². The lowest BCUT2D eigenvalue weighted by molar-refractivity contribution is -0.151. The van der Waals surface area contributed by atoms with Crippen molar-refractivity contribution in [2.45, 2.75) is 71.4 Å². The van der Waals surface area contributed by atoms with Crippen LogP contribution in [0.4, 0.5) is 0 Å². The first-order valence-electron chi connectivity index (χ1n) is 9.35. The second-order valence-electron chi connectivity index (χ2n) is 7.83. The van der Waals surface area contributed by atoms with Crippen molar-refractivity contribution in [3.63, 3.8) is 0 Å². The quantitative estimate of drug-likeness (QED) is 0.908. The zero-order valence-electron chi connectivity index (χ0n) is 15.7. The molecule has 4 atom stereocenters. The average molecular weight is 347 g/mol. The Hall–Kier alpha value is -1.85. The minimum absolute atomic E-state index is 0.00977. The molecule has 0 bridgehead atoms. The smallest absolute Gasteiger partial charge is 0.326 e. The maximum absolute atomic E-state index is 13.2. The summed E-state index contributed by atoms with van der Waals surface area (Å²) in [6.45, 7) is 5.90. The lowest BCUT2D eigenvalue weighted by atomic mass is 9.84. The van der Waals surface area contributed by atoms with Crippen molar-refractivity contribution in [1.82, 2.24) is 14.7 Å². The molecule has 138 valence electrons. The SMILES string of the molecule is Cc1nn(C)c(C)c1C[C@H](C)C(=O)N1[C@@H]2CCCC[C@@H]2C[C@H]1C(=O)O. The largest absolute Gasteiger partial charge is 0.480 e. The standard InChI is InChI=1S/C19H29N3O3/c1-11(9-15-12(2)20-21(4)13(15)3)18(23)22-16-8-6-5-7-14(16)10-17(22)19(24)25/h11,14,16-17H,5-10H2,1-4H3,(H,24,25)/t11-,14+,16+,17-/m0/s1. The zero-order valence-corrected chi connectivity index (χ0v) is 15.7. The second-order valence-corrected chi connectivity index (χ2v) is 7.83. The van der Waals surface area contributed by atoms with Gasteiger partial charge in [0.25, 0.3) is 0 Å². The van der Waals surface area contributed by atoms with E-state index in [4.69, 9.17) is 0 Å². The van der Waals surface area contributed by atoms with Gasteiger partial charge in [-0.3, -0.25) is 9.48 Å². The van der Waals surface area contributed by atoms with E-state index in [1.807, 2.05) is 32.5 Å². The maximum Gasteiger partial charge on any atom is 0.326 e. The summed E-state index contributed by atoms with van der Waals surface area (Å²) in [6.07, 6.45) is 5.46. The molecule has 2 fully saturated rings. The minimum atomic E-state index is -0.858. The molecule has 1 saturated carbocycles. The molecule has 1 aromatic heterocycles. The van der Waals surface area contributed by atoms with Crippen LogP contribution in [0.1, 0.15) is 56.0 Å². The number of carboxylic acids is 1. The summed E-state index contributed by atoms with van der Waals surface area (Å²) in [6, 6.07) is -0.542. The van der Waals surface area contributed by atoms with Gasteiger partial charge in [0.2, 0.25) is 5.91 Å². The Bertz CT molecular complexity index is 682. The summed E-state index contributed by atoms with van der Waals surface area (Å²) in [7, 11) is 1.91. The number of amides is 1. The molecule has 1 aromatic rings. The van der Waals surface area contributed by atoms with Crippen molar-refractivity contribution < 1.29 is 14.7 Å². The van der Waals surface area contributed by atoms with E-state index in [-0.39, 0.29) is 17.9 Å². The highest BCUT2D eigenvalue weighted by Gasteiger charge is 2.48. The first-order valence-corrected chi connectivity index (χ1v) is 9.35. The Labute approximate surface area is 149 Å². The molecule has 6 nitrogen and oxygen atoms in total. The van der Waals surface area contributed by atoms with Gasteiger partial charge in [-0.25, -0.2) is 4.79 Å². The molecule has 0 unspecified atom stereocenters. The Kier molecular flexibility index (Phi) is 4.89. The van der Waals surface area contributed by atoms with E-state index in [9.17, 15) is 14.7 Å². The third kappa shape index (κ3) is 3.18. The molecule has 1 aliphatic carbocycles. The average Bonchev–Trinajstić information content (AvgIpc) is 3.07. The van der Waals surface area contributed by atoms with Gasteiger partial charge in [0, 0.05) is 24.7 Å². The number of carbonyl (C=O) groups excluding carboxylic acids is 1. The fraction of sp³-hybridized carbons (Fsp3) is 0.737. The normalized spacial score (nSPS) is 27.2. The van der Waals surface area contributed by atoms with E-state index in [0.29, 0.717) is 18.8 Å². The van der Waals surface area contributed by atoms with Gasteiger partial charge in [-0.1, -0.05) is 19.8 Å². The van der Waals surface area contributed by atoms with Gasteiger partial charge in [0.05, 0.1) is 5.69 Å². The van der Waals surface area contributed by atoms with E-state index < -0.39 is 12.0 Å². The molecule has 25 heavy (non-hydrogen) atoms. The number of likely N-dealkylation sites (tertiary alicyclic amines) is 1. The number of aromatic nitrogens is 2. The number of nitrogens with zero attached hydrogens (tertiary/aromatic N) is 3. The van der Waals surface area contributed by atoms with E-state index in [2.05, 4.69) is 5.10 Å².